The average Bonchev–Trinajstić information content (AvgIpc) is 2.69. The average molecular weight is 382 g/mol. The van der Waals surface area contributed by atoms with Gasteiger partial charge in [0.2, 0.25) is 0 Å². The summed E-state index contributed by atoms with van der Waals surface area (Å²) in [5, 5.41) is 10.0. The number of nitrogens with zero attached hydrogens (tertiary/aromatic N) is 2. The Morgan fingerprint density at radius 2 is 1.74 bits per heavy atom. The van der Waals surface area contributed by atoms with Crippen LogP contribution in [0.2, 0.25) is 0 Å². The third-order valence-corrected chi connectivity index (χ3v) is 4.03. The van der Waals surface area contributed by atoms with Crippen molar-refractivity contribution in [3.63, 3.8) is 0 Å². The van der Waals surface area contributed by atoms with Crippen LogP contribution in [-0.2, 0) is 7.05 Å². The van der Waals surface area contributed by atoms with E-state index in [4.69, 9.17) is 0 Å². The molecule has 0 saturated heterocycles. The van der Waals surface area contributed by atoms with E-state index in [1.54, 1.807) is 12.1 Å². The molecule has 1 aromatic heterocycles. The van der Waals surface area contributed by atoms with Gasteiger partial charge in [-0.25, -0.2) is 4.98 Å². The van der Waals surface area contributed by atoms with Crippen LogP contribution in [0, 0.1) is 0 Å². The zero-order chi connectivity index (χ0) is 13.6. The van der Waals surface area contributed by atoms with Crippen LogP contribution in [0.4, 0.5) is 0 Å². The minimum atomic E-state index is 0.223. The predicted octanol–water partition coefficient (Wildman–Crippen LogP) is 4.47. The number of aromatic nitrogens is 2. The van der Waals surface area contributed by atoms with Crippen LogP contribution in [-0.4, -0.2) is 14.7 Å². The number of hydrogen-bond donors (Lipinski definition) is 1. The van der Waals surface area contributed by atoms with Crippen molar-refractivity contribution in [1.29, 1.82) is 0 Å². The number of phenols is 1. The standard InChI is InChI=1S/C14H10Br2N2O/c1-18-12-4-2-9(16)7-11(12)17-14(18)10-6-8(15)3-5-13(10)19/h2-7,19H,1H3. The topological polar surface area (TPSA) is 38.0 Å². The summed E-state index contributed by atoms with van der Waals surface area (Å²) < 4.78 is 3.88. The highest BCUT2D eigenvalue weighted by molar-refractivity contribution is 9.10. The fourth-order valence-corrected chi connectivity index (χ4v) is 2.81. The number of imidazole rings is 1. The fourth-order valence-electron chi connectivity index (χ4n) is 2.10. The molecule has 0 unspecified atom stereocenters. The van der Waals surface area contributed by atoms with Gasteiger partial charge in [-0.2, -0.15) is 0 Å². The molecule has 1 heterocycles. The van der Waals surface area contributed by atoms with Gasteiger partial charge in [0.05, 0.1) is 16.6 Å². The number of rotatable bonds is 1. The summed E-state index contributed by atoms with van der Waals surface area (Å²) in [6.45, 7) is 0. The Bertz CT molecular complexity index is 780. The zero-order valence-electron chi connectivity index (χ0n) is 10.1. The highest BCUT2D eigenvalue weighted by Crippen LogP contribution is 2.33. The molecule has 0 atom stereocenters. The molecule has 0 spiro atoms. The molecule has 3 aromatic rings. The molecule has 0 aliphatic heterocycles. The van der Waals surface area contributed by atoms with Crippen LogP contribution in [0.25, 0.3) is 22.4 Å². The second-order valence-corrected chi connectivity index (χ2v) is 6.12. The molecule has 2 aromatic carbocycles. The lowest BCUT2D eigenvalue weighted by Gasteiger charge is -2.05. The maximum atomic E-state index is 10.0. The summed E-state index contributed by atoms with van der Waals surface area (Å²) in [5.41, 5.74) is 2.63. The fraction of sp³-hybridized carbons (Fsp3) is 0.0714. The molecule has 0 radical (unpaired) electrons. The van der Waals surface area contributed by atoms with E-state index in [0.29, 0.717) is 5.56 Å². The molecule has 3 nitrogen and oxygen atoms in total. The van der Waals surface area contributed by atoms with Gasteiger partial charge in [-0.3, -0.25) is 0 Å². The van der Waals surface area contributed by atoms with E-state index in [0.717, 1.165) is 25.8 Å². The van der Waals surface area contributed by atoms with Crippen molar-refractivity contribution >= 4 is 42.9 Å². The summed E-state index contributed by atoms with van der Waals surface area (Å²) in [5.74, 6) is 0.965. The van der Waals surface area contributed by atoms with Gasteiger partial charge in [-0.1, -0.05) is 31.9 Å². The predicted molar refractivity (Wildman–Crippen MR) is 83.2 cm³/mol. The molecule has 0 aliphatic carbocycles. The molecular formula is C14H10Br2N2O. The van der Waals surface area contributed by atoms with Crippen molar-refractivity contribution in [3.05, 3.63) is 45.3 Å². The van der Waals surface area contributed by atoms with Gasteiger partial charge in [0, 0.05) is 16.0 Å². The second-order valence-electron chi connectivity index (χ2n) is 4.29. The zero-order valence-corrected chi connectivity index (χ0v) is 13.2. The van der Waals surface area contributed by atoms with E-state index < -0.39 is 0 Å². The largest absolute Gasteiger partial charge is 0.507 e. The molecule has 0 saturated carbocycles. The highest BCUT2D eigenvalue weighted by Gasteiger charge is 2.13. The molecule has 0 fully saturated rings. The van der Waals surface area contributed by atoms with Crippen LogP contribution < -0.4 is 0 Å². The Balaban J connectivity index is 2.30. The third-order valence-electron chi connectivity index (χ3n) is 3.04. The first-order valence-corrected chi connectivity index (χ1v) is 7.26. The van der Waals surface area contributed by atoms with Gasteiger partial charge in [0.15, 0.2) is 0 Å². The number of halogens is 2. The van der Waals surface area contributed by atoms with E-state index in [-0.39, 0.29) is 5.75 Å². The Morgan fingerprint density at radius 3 is 2.53 bits per heavy atom. The minimum absolute atomic E-state index is 0.223. The highest BCUT2D eigenvalue weighted by atomic mass is 79.9. The van der Waals surface area contributed by atoms with E-state index >= 15 is 0 Å². The Labute approximate surface area is 127 Å². The van der Waals surface area contributed by atoms with Crippen LogP contribution in [0.1, 0.15) is 0 Å². The first-order valence-electron chi connectivity index (χ1n) is 5.67. The van der Waals surface area contributed by atoms with Crippen LogP contribution in [0.5, 0.6) is 5.75 Å². The van der Waals surface area contributed by atoms with Gasteiger partial charge in [0.1, 0.15) is 11.6 Å². The minimum Gasteiger partial charge on any atom is -0.507 e. The lowest BCUT2D eigenvalue weighted by Crippen LogP contribution is -1.92. The summed E-state index contributed by atoms with van der Waals surface area (Å²) in [6, 6.07) is 11.3. The van der Waals surface area contributed by atoms with Crippen LogP contribution in [0.15, 0.2) is 45.3 Å². The molecular weight excluding hydrogens is 372 g/mol. The number of benzene rings is 2. The quantitative estimate of drug-likeness (QED) is 0.675. The monoisotopic (exact) mass is 380 g/mol. The molecule has 0 amide bonds. The molecule has 96 valence electrons. The number of aromatic hydroxyl groups is 1. The molecule has 5 heteroatoms. The Kier molecular flexibility index (Phi) is 3.11. The third kappa shape index (κ3) is 2.17. The van der Waals surface area contributed by atoms with Crippen molar-refractivity contribution in [2.75, 3.05) is 0 Å². The number of hydrogen-bond acceptors (Lipinski definition) is 2. The summed E-state index contributed by atoms with van der Waals surface area (Å²) in [4.78, 5) is 4.60. The van der Waals surface area contributed by atoms with E-state index in [1.807, 2.05) is 35.9 Å². The molecule has 1 N–H and O–H groups in total. The van der Waals surface area contributed by atoms with Gasteiger partial charge in [-0.15, -0.1) is 0 Å². The van der Waals surface area contributed by atoms with Crippen LogP contribution >= 0.6 is 31.9 Å². The normalized spacial score (nSPS) is 11.1. The van der Waals surface area contributed by atoms with Crippen molar-refractivity contribution in [1.82, 2.24) is 9.55 Å². The van der Waals surface area contributed by atoms with Crippen LogP contribution in [0.3, 0.4) is 0 Å². The van der Waals surface area contributed by atoms with Crippen molar-refractivity contribution in [3.8, 4) is 17.1 Å². The van der Waals surface area contributed by atoms with E-state index in [1.165, 1.54) is 0 Å². The Morgan fingerprint density at radius 1 is 1.05 bits per heavy atom. The summed E-state index contributed by atoms with van der Waals surface area (Å²) in [7, 11) is 1.94. The SMILES string of the molecule is Cn1c(-c2cc(Br)ccc2O)nc2cc(Br)ccc21. The molecule has 3 rings (SSSR count). The number of fused-ring (bicyclic) bond motifs is 1. The van der Waals surface area contributed by atoms with Gasteiger partial charge in [-0.05, 0) is 36.4 Å². The first kappa shape index (κ1) is 12.7. The lowest BCUT2D eigenvalue weighted by molar-refractivity contribution is 0.476. The van der Waals surface area contributed by atoms with E-state index in [9.17, 15) is 5.11 Å². The summed E-state index contributed by atoms with van der Waals surface area (Å²) in [6.07, 6.45) is 0. The van der Waals surface area contributed by atoms with Crippen molar-refractivity contribution < 1.29 is 5.11 Å². The molecule has 19 heavy (non-hydrogen) atoms. The van der Waals surface area contributed by atoms with Crippen molar-refractivity contribution in [2.24, 2.45) is 7.05 Å². The molecule has 0 bridgehead atoms. The van der Waals surface area contributed by atoms with Gasteiger partial charge in [0.25, 0.3) is 0 Å². The first-order chi connectivity index (χ1) is 9.06. The van der Waals surface area contributed by atoms with Crippen molar-refractivity contribution in [2.45, 2.75) is 0 Å². The maximum Gasteiger partial charge on any atom is 0.144 e. The lowest BCUT2D eigenvalue weighted by atomic mass is 10.2. The number of aryl methyl sites for hydroxylation is 1. The molecule has 0 aliphatic rings. The number of phenolic OH excluding ortho intramolecular Hbond substituents is 1. The second kappa shape index (κ2) is 4.65. The smallest absolute Gasteiger partial charge is 0.144 e. The van der Waals surface area contributed by atoms with E-state index in [2.05, 4.69) is 36.8 Å². The van der Waals surface area contributed by atoms with Gasteiger partial charge >= 0.3 is 0 Å². The Hall–Kier alpha value is -1.33. The summed E-state index contributed by atoms with van der Waals surface area (Å²) >= 11 is 6.86. The maximum absolute atomic E-state index is 10.0. The van der Waals surface area contributed by atoms with Gasteiger partial charge < -0.3 is 9.67 Å².